The normalized spacial score (nSPS) is 10.4. The Kier molecular flexibility index (Phi) is 5.43. The van der Waals surface area contributed by atoms with Gasteiger partial charge in [0.25, 0.3) is 0 Å². The van der Waals surface area contributed by atoms with Gasteiger partial charge in [-0.3, -0.25) is 0 Å². The number of rotatable bonds is 7. The molecule has 1 heterocycles. The lowest BCUT2D eigenvalue weighted by atomic mass is 10.2. The van der Waals surface area contributed by atoms with Crippen LogP contribution in [0.2, 0.25) is 0 Å². The highest BCUT2D eigenvalue weighted by atomic mass is 19.1. The molecule has 0 aliphatic heterocycles. The highest BCUT2D eigenvalue weighted by Crippen LogP contribution is 2.22. The zero-order valence-corrected chi connectivity index (χ0v) is 11.9. The molecule has 0 radical (unpaired) electrons. The number of unbranched alkanes of at least 4 members (excludes halogenated alkanes) is 2. The average Bonchev–Trinajstić information content (AvgIpc) is 2.48. The van der Waals surface area contributed by atoms with Gasteiger partial charge in [-0.25, -0.2) is 13.8 Å². The van der Waals surface area contributed by atoms with Gasteiger partial charge >= 0.3 is 0 Å². The summed E-state index contributed by atoms with van der Waals surface area (Å²) in [7, 11) is 0. The molecule has 1 aromatic carbocycles. The fourth-order valence-corrected chi connectivity index (χ4v) is 1.83. The lowest BCUT2D eigenvalue weighted by Gasteiger charge is -2.09. The molecule has 0 unspecified atom stereocenters. The van der Waals surface area contributed by atoms with Crippen molar-refractivity contribution >= 4 is 17.5 Å². The van der Waals surface area contributed by atoms with Gasteiger partial charge in [-0.1, -0.05) is 25.8 Å². The minimum atomic E-state index is -0.661. The summed E-state index contributed by atoms with van der Waals surface area (Å²) in [6.45, 7) is 2.90. The van der Waals surface area contributed by atoms with Gasteiger partial charge in [0.15, 0.2) is 0 Å². The number of anilines is 3. The Hall–Kier alpha value is -2.24. The lowest BCUT2D eigenvalue weighted by Crippen LogP contribution is -2.07. The lowest BCUT2D eigenvalue weighted by molar-refractivity contribution is 0.590. The fraction of sp³-hybridized carbons (Fsp3) is 0.333. The number of nitrogens with one attached hydrogen (secondary N) is 2. The zero-order valence-electron chi connectivity index (χ0n) is 11.9. The minimum Gasteiger partial charge on any atom is -0.354 e. The van der Waals surface area contributed by atoms with E-state index < -0.39 is 11.6 Å². The van der Waals surface area contributed by atoms with E-state index in [9.17, 15) is 8.78 Å². The molecule has 0 saturated heterocycles. The molecule has 0 atom stereocenters. The Morgan fingerprint density at radius 1 is 1.10 bits per heavy atom. The van der Waals surface area contributed by atoms with Crippen LogP contribution in [0.5, 0.6) is 0 Å². The summed E-state index contributed by atoms with van der Waals surface area (Å²) in [4.78, 5) is 8.26. The molecule has 0 saturated carbocycles. The van der Waals surface area contributed by atoms with Gasteiger partial charge in [-0.15, -0.1) is 0 Å². The van der Waals surface area contributed by atoms with Crippen molar-refractivity contribution in [2.24, 2.45) is 0 Å². The van der Waals surface area contributed by atoms with Gasteiger partial charge in [0.05, 0.1) is 0 Å². The van der Waals surface area contributed by atoms with Gasteiger partial charge in [-0.2, -0.15) is 4.98 Å². The van der Waals surface area contributed by atoms with E-state index in [2.05, 4.69) is 27.5 Å². The molecule has 0 spiro atoms. The van der Waals surface area contributed by atoms with Gasteiger partial charge in [0.1, 0.15) is 23.1 Å². The van der Waals surface area contributed by atoms with E-state index in [1.165, 1.54) is 24.4 Å². The third-order valence-corrected chi connectivity index (χ3v) is 2.93. The Morgan fingerprint density at radius 3 is 2.57 bits per heavy atom. The van der Waals surface area contributed by atoms with Crippen LogP contribution in [0, 0.1) is 11.6 Å². The molecule has 0 fully saturated rings. The first-order chi connectivity index (χ1) is 10.2. The van der Waals surface area contributed by atoms with E-state index in [4.69, 9.17) is 0 Å². The second-order valence-corrected chi connectivity index (χ2v) is 4.62. The molecule has 0 aliphatic rings. The molecule has 2 aromatic rings. The maximum absolute atomic E-state index is 13.6. The maximum Gasteiger partial charge on any atom is 0.224 e. The van der Waals surface area contributed by atoms with Crippen molar-refractivity contribution in [1.82, 2.24) is 9.97 Å². The van der Waals surface area contributed by atoms with Crippen LogP contribution in [-0.4, -0.2) is 16.5 Å². The first-order valence-corrected chi connectivity index (χ1v) is 6.98. The first kappa shape index (κ1) is 15.2. The Bertz CT molecular complexity index is 569. The number of hydrogen-bond donors (Lipinski definition) is 2. The molecular weight excluding hydrogens is 274 g/mol. The molecule has 0 bridgehead atoms. The summed E-state index contributed by atoms with van der Waals surface area (Å²) in [6, 6.07) is 5.26. The topological polar surface area (TPSA) is 49.8 Å². The summed E-state index contributed by atoms with van der Waals surface area (Å²) < 4.78 is 27.1. The van der Waals surface area contributed by atoms with Crippen molar-refractivity contribution < 1.29 is 8.78 Å². The molecule has 2 N–H and O–H groups in total. The molecule has 112 valence electrons. The van der Waals surface area contributed by atoms with Crippen molar-refractivity contribution in [2.75, 3.05) is 17.2 Å². The standard InChI is InChI=1S/C15H18F2N4/c1-2-3-4-9-18-15-19-10-8-13(21-15)20-14-11(16)6-5-7-12(14)17/h5-8,10H,2-4,9H2,1H3,(H2,18,19,20,21). The van der Waals surface area contributed by atoms with Gasteiger partial charge in [-0.05, 0) is 24.6 Å². The van der Waals surface area contributed by atoms with Crippen LogP contribution < -0.4 is 10.6 Å². The van der Waals surface area contributed by atoms with Crippen LogP contribution in [0.1, 0.15) is 26.2 Å². The van der Waals surface area contributed by atoms with E-state index in [-0.39, 0.29) is 5.69 Å². The largest absolute Gasteiger partial charge is 0.354 e. The maximum atomic E-state index is 13.6. The van der Waals surface area contributed by atoms with Gasteiger partial charge in [0, 0.05) is 12.7 Å². The quantitative estimate of drug-likeness (QED) is 0.754. The van der Waals surface area contributed by atoms with Crippen molar-refractivity contribution in [1.29, 1.82) is 0 Å². The van der Waals surface area contributed by atoms with Crippen molar-refractivity contribution in [3.63, 3.8) is 0 Å². The van der Waals surface area contributed by atoms with E-state index in [0.717, 1.165) is 25.8 Å². The second kappa shape index (κ2) is 7.52. The van der Waals surface area contributed by atoms with E-state index >= 15 is 0 Å². The first-order valence-electron chi connectivity index (χ1n) is 6.98. The molecule has 1 aromatic heterocycles. The number of para-hydroxylation sites is 1. The van der Waals surface area contributed by atoms with E-state index in [0.29, 0.717) is 11.8 Å². The summed E-state index contributed by atoms with van der Waals surface area (Å²) >= 11 is 0. The summed E-state index contributed by atoms with van der Waals surface area (Å²) in [5.41, 5.74) is -0.215. The van der Waals surface area contributed by atoms with Crippen LogP contribution in [0.4, 0.5) is 26.2 Å². The number of halogens is 2. The monoisotopic (exact) mass is 292 g/mol. The van der Waals surface area contributed by atoms with Crippen molar-refractivity contribution in [3.8, 4) is 0 Å². The fourth-order valence-electron chi connectivity index (χ4n) is 1.83. The molecule has 0 amide bonds. The second-order valence-electron chi connectivity index (χ2n) is 4.62. The summed E-state index contributed by atoms with van der Waals surface area (Å²) in [5.74, 6) is -0.544. The summed E-state index contributed by atoms with van der Waals surface area (Å²) in [5, 5.41) is 5.73. The zero-order chi connectivity index (χ0) is 15.1. The van der Waals surface area contributed by atoms with Crippen LogP contribution in [0.15, 0.2) is 30.5 Å². The van der Waals surface area contributed by atoms with Gasteiger partial charge < -0.3 is 10.6 Å². The highest BCUT2D eigenvalue weighted by Gasteiger charge is 2.09. The van der Waals surface area contributed by atoms with Gasteiger partial charge in [0.2, 0.25) is 5.95 Å². The summed E-state index contributed by atoms with van der Waals surface area (Å²) in [6.07, 6.45) is 4.83. The number of aromatic nitrogens is 2. The molecule has 21 heavy (non-hydrogen) atoms. The molecule has 0 aliphatic carbocycles. The third kappa shape index (κ3) is 4.37. The molecule has 4 nitrogen and oxygen atoms in total. The number of nitrogens with zero attached hydrogens (tertiary/aromatic N) is 2. The number of hydrogen-bond acceptors (Lipinski definition) is 4. The Labute approximate surface area is 122 Å². The van der Waals surface area contributed by atoms with Crippen LogP contribution in [0.25, 0.3) is 0 Å². The molecule has 6 heteroatoms. The Morgan fingerprint density at radius 2 is 1.86 bits per heavy atom. The van der Waals surface area contributed by atoms with Crippen molar-refractivity contribution in [2.45, 2.75) is 26.2 Å². The highest BCUT2D eigenvalue weighted by molar-refractivity contribution is 5.58. The van der Waals surface area contributed by atoms with Crippen LogP contribution in [-0.2, 0) is 0 Å². The Balaban J connectivity index is 2.04. The smallest absolute Gasteiger partial charge is 0.224 e. The number of benzene rings is 1. The predicted octanol–water partition coefficient (Wildman–Crippen LogP) is 4.10. The minimum absolute atomic E-state index is 0.215. The van der Waals surface area contributed by atoms with Crippen molar-refractivity contribution in [3.05, 3.63) is 42.1 Å². The van der Waals surface area contributed by atoms with Crippen LogP contribution in [0.3, 0.4) is 0 Å². The molecular formula is C15H18F2N4. The average molecular weight is 292 g/mol. The van der Waals surface area contributed by atoms with E-state index in [1.54, 1.807) is 6.07 Å². The predicted molar refractivity (Wildman–Crippen MR) is 79.7 cm³/mol. The third-order valence-electron chi connectivity index (χ3n) is 2.93. The van der Waals surface area contributed by atoms with Crippen LogP contribution >= 0.6 is 0 Å². The molecule has 2 rings (SSSR count). The SMILES string of the molecule is CCCCCNc1nccc(Nc2c(F)cccc2F)n1. The van der Waals surface area contributed by atoms with E-state index in [1.807, 2.05) is 0 Å².